The molecule has 0 bridgehead atoms. The minimum Gasteiger partial charge on any atom is -0.326 e. The van der Waals surface area contributed by atoms with Crippen molar-refractivity contribution in [3.8, 4) is 0 Å². The van der Waals surface area contributed by atoms with Gasteiger partial charge in [0.1, 0.15) is 5.82 Å². The highest BCUT2D eigenvalue weighted by atomic mass is 19.1. The fraction of sp³-hybridized carbons (Fsp3) is 0.438. The van der Waals surface area contributed by atoms with Crippen LogP contribution in [0.25, 0.3) is 0 Å². The lowest BCUT2D eigenvalue weighted by atomic mass is 10.0. The number of hydrogen-bond donors (Lipinski definition) is 1. The summed E-state index contributed by atoms with van der Waals surface area (Å²) in [6.07, 6.45) is 3.56. The minimum atomic E-state index is -0.177. The highest BCUT2D eigenvalue weighted by Gasteiger charge is 2.19. The molecule has 2 unspecified atom stereocenters. The smallest absolute Gasteiger partial charge is 0.126 e. The average molecular weight is 275 g/mol. The Bertz CT molecular complexity index is 589. The van der Waals surface area contributed by atoms with Crippen LogP contribution in [0.5, 0.6) is 0 Å². The molecule has 108 valence electrons. The summed E-state index contributed by atoms with van der Waals surface area (Å²) in [6.45, 7) is 7.96. The number of hydrogen-bond acceptors (Lipinski definition) is 2. The van der Waals surface area contributed by atoms with Crippen LogP contribution < -0.4 is 5.73 Å². The van der Waals surface area contributed by atoms with E-state index in [1.165, 1.54) is 0 Å². The molecule has 1 aromatic carbocycles. The first-order valence-corrected chi connectivity index (χ1v) is 6.95. The van der Waals surface area contributed by atoms with E-state index < -0.39 is 0 Å². The van der Waals surface area contributed by atoms with Gasteiger partial charge in [-0.3, -0.25) is 0 Å². The lowest BCUT2D eigenvalue weighted by molar-refractivity contribution is 0.467. The zero-order chi connectivity index (χ0) is 14.9. The van der Waals surface area contributed by atoms with E-state index in [1.807, 2.05) is 17.6 Å². The highest BCUT2D eigenvalue weighted by molar-refractivity contribution is 5.27. The second-order valence-electron chi connectivity index (χ2n) is 5.68. The number of nitrogens with zero attached hydrogens (tertiary/aromatic N) is 2. The summed E-state index contributed by atoms with van der Waals surface area (Å²) in [7, 11) is 0. The summed E-state index contributed by atoms with van der Waals surface area (Å²) in [5, 5.41) is 0. The van der Waals surface area contributed by atoms with Gasteiger partial charge in [-0.15, -0.1) is 0 Å². The molecule has 0 saturated carbocycles. The van der Waals surface area contributed by atoms with E-state index in [2.05, 4.69) is 18.8 Å². The fourth-order valence-electron chi connectivity index (χ4n) is 2.27. The summed E-state index contributed by atoms with van der Waals surface area (Å²) in [4.78, 5) is 4.20. The molecule has 2 aromatic rings. The Morgan fingerprint density at radius 3 is 2.55 bits per heavy atom. The van der Waals surface area contributed by atoms with Crippen LogP contribution in [0, 0.1) is 18.7 Å². The van der Waals surface area contributed by atoms with Gasteiger partial charge in [0, 0.05) is 12.2 Å². The third kappa shape index (κ3) is 2.75. The summed E-state index contributed by atoms with van der Waals surface area (Å²) in [5.41, 5.74) is 8.78. The SMILES string of the molecule is Cc1ccc(C(C)n2cncc2C(N)C(C)C)cc1F. The second-order valence-corrected chi connectivity index (χ2v) is 5.68. The lowest BCUT2D eigenvalue weighted by Crippen LogP contribution is -2.22. The summed E-state index contributed by atoms with van der Waals surface area (Å²) < 4.78 is 15.7. The van der Waals surface area contributed by atoms with Gasteiger partial charge in [-0.05, 0) is 37.0 Å². The topological polar surface area (TPSA) is 43.8 Å². The van der Waals surface area contributed by atoms with E-state index in [-0.39, 0.29) is 17.9 Å². The van der Waals surface area contributed by atoms with Crippen molar-refractivity contribution in [2.24, 2.45) is 11.7 Å². The van der Waals surface area contributed by atoms with Crippen LogP contribution >= 0.6 is 0 Å². The Morgan fingerprint density at radius 2 is 1.95 bits per heavy atom. The van der Waals surface area contributed by atoms with Gasteiger partial charge in [0.05, 0.1) is 18.1 Å². The third-order valence-electron chi connectivity index (χ3n) is 3.85. The molecule has 4 heteroatoms. The number of imidazole rings is 1. The van der Waals surface area contributed by atoms with Crippen LogP contribution in [0.1, 0.15) is 49.7 Å². The van der Waals surface area contributed by atoms with E-state index in [0.717, 1.165) is 11.3 Å². The first-order chi connectivity index (χ1) is 9.41. The molecule has 2 atom stereocenters. The molecule has 2 N–H and O–H groups in total. The van der Waals surface area contributed by atoms with Crippen molar-refractivity contribution in [3.05, 3.63) is 53.4 Å². The standard InChI is InChI=1S/C16H22FN3/c1-10(2)16(18)15-8-19-9-20(15)12(4)13-6-5-11(3)14(17)7-13/h5-10,12,16H,18H2,1-4H3. The normalized spacial score (nSPS) is 14.6. The lowest BCUT2D eigenvalue weighted by Gasteiger charge is -2.22. The van der Waals surface area contributed by atoms with Crippen molar-refractivity contribution in [2.45, 2.75) is 39.8 Å². The molecule has 0 radical (unpaired) electrons. The molecule has 0 aliphatic heterocycles. The number of nitrogens with two attached hydrogens (primary N) is 1. The molecule has 0 amide bonds. The van der Waals surface area contributed by atoms with Crippen molar-refractivity contribution in [3.63, 3.8) is 0 Å². The molecule has 20 heavy (non-hydrogen) atoms. The van der Waals surface area contributed by atoms with Crippen molar-refractivity contribution in [2.75, 3.05) is 0 Å². The molecule has 0 spiro atoms. The largest absolute Gasteiger partial charge is 0.326 e. The maximum atomic E-state index is 13.7. The zero-order valence-corrected chi connectivity index (χ0v) is 12.5. The molecular weight excluding hydrogens is 253 g/mol. The number of aromatic nitrogens is 2. The third-order valence-corrected chi connectivity index (χ3v) is 3.85. The highest BCUT2D eigenvalue weighted by Crippen LogP contribution is 2.26. The monoisotopic (exact) mass is 275 g/mol. The van der Waals surface area contributed by atoms with Gasteiger partial charge in [-0.25, -0.2) is 9.37 Å². The average Bonchev–Trinajstić information content (AvgIpc) is 2.89. The summed E-state index contributed by atoms with van der Waals surface area (Å²) >= 11 is 0. The molecule has 3 nitrogen and oxygen atoms in total. The quantitative estimate of drug-likeness (QED) is 0.926. The van der Waals surface area contributed by atoms with Crippen molar-refractivity contribution in [1.29, 1.82) is 0 Å². The predicted octanol–water partition coefficient (Wildman–Crippen LogP) is 3.60. The van der Waals surface area contributed by atoms with Gasteiger partial charge in [-0.2, -0.15) is 0 Å². The van der Waals surface area contributed by atoms with Crippen molar-refractivity contribution < 1.29 is 4.39 Å². The van der Waals surface area contributed by atoms with E-state index in [0.29, 0.717) is 11.5 Å². The fourth-order valence-corrected chi connectivity index (χ4v) is 2.27. The van der Waals surface area contributed by atoms with Crippen LogP contribution in [-0.2, 0) is 0 Å². The molecule has 0 saturated heterocycles. The van der Waals surface area contributed by atoms with Crippen LogP contribution in [0.3, 0.4) is 0 Å². The number of rotatable bonds is 4. The summed E-state index contributed by atoms with van der Waals surface area (Å²) in [6, 6.07) is 5.28. The van der Waals surface area contributed by atoms with E-state index in [9.17, 15) is 4.39 Å². The number of halogens is 1. The molecule has 2 rings (SSSR count). The Labute approximate surface area is 119 Å². The van der Waals surface area contributed by atoms with Crippen LogP contribution in [0.15, 0.2) is 30.7 Å². The maximum absolute atomic E-state index is 13.7. The van der Waals surface area contributed by atoms with E-state index in [1.54, 1.807) is 31.6 Å². The molecule has 0 fully saturated rings. The van der Waals surface area contributed by atoms with Gasteiger partial charge in [0.15, 0.2) is 0 Å². The molecule has 1 aromatic heterocycles. The zero-order valence-electron chi connectivity index (χ0n) is 12.5. The van der Waals surface area contributed by atoms with Crippen LogP contribution in [-0.4, -0.2) is 9.55 Å². The first-order valence-electron chi connectivity index (χ1n) is 6.95. The molecule has 0 aliphatic rings. The van der Waals surface area contributed by atoms with Gasteiger partial charge >= 0.3 is 0 Å². The van der Waals surface area contributed by atoms with Gasteiger partial charge in [0.25, 0.3) is 0 Å². The van der Waals surface area contributed by atoms with Crippen molar-refractivity contribution in [1.82, 2.24) is 9.55 Å². The maximum Gasteiger partial charge on any atom is 0.126 e. The van der Waals surface area contributed by atoms with Crippen LogP contribution in [0.4, 0.5) is 4.39 Å². The van der Waals surface area contributed by atoms with E-state index >= 15 is 0 Å². The minimum absolute atomic E-state index is 0.00685. The van der Waals surface area contributed by atoms with Gasteiger partial charge in [-0.1, -0.05) is 26.0 Å². The predicted molar refractivity (Wildman–Crippen MR) is 78.9 cm³/mol. The first kappa shape index (κ1) is 14.7. The Morgan fingerprint density at radius 1 is 1.25 bits per heavy atom. The molecular formula is C16H22FN3. The Kier molecular flexibility index (Phi) is 4.23. The Balaban J connectivity index is 2.36. The van der Waals surface area contributed by atoms with E-state index in [4.69, 9.17) is 5.73 Å². The summed E-state index contributed by atoms with van der Waals surface area (Å²) in [5.74, 6) is 0.150. The second kappa shape index (κ2) is 5.75. The molecule has 0 aliphatic carbocycles. The van der Waals surface area contributed by atoms with Crippen LogP contribution in [0.2, 0.25) is 0 Å². The Hall–Kier alpha value is -1.68. The van der Waals surface area contributed by atoms with Crippen molar-refractivity contribution >= 4 is 0 Å². The van der Waals surface area contributed by atoms with Gasteiger partial charge < -0.3 is 10.3 Å². The molecule has 1 heterocycles. The number of benzene rings is 1. The number of aryl methyl sites for hydroxylation is 1. The van der Waals surface area contributed by atoms with Gasteiger partial charge in [0.2, 0.25) is 0 Å².